The molecule has 0 amide bonds. The molecule has 0 spiro atoms. The molecule has 1 atom stereocenters. The average molecular weight is 365 g/mol. The number of benzene rings is 1. The van der Waals surface area contributed by atoms with E-state index in [2.05, 4.69) is 32.7 Å². The second kappa shape index (κ2) is 10.0. The third-order valence-electron chi connectivity index (χ3n) is 3.84. The van der Waals surface area contributed by atoms with Gasteiger partial charge in [-0.1, -0.05) is 30.7 Å². The molecule has 0 saturated carbocycles. The molecule has 1 heterocycles. The highest BCUT2D eigenvalue weighted by molar-refractivity contribution is 6.30. The molecule has 2 rings (SSSR count). The number of nitrogens with one attached hydrogen (secondary N) is 2. The average Bonchev–Trinajstić information content (AvgIpc) is 3.08. The molecule has 0 aliphatic carbocycles. The van der Waals surface area contributed by atoms with E-state index in [1.54, 1.807) is 20.5 Å². The Kier molecular flexibility index (Phi) is 7.69. The van der Waals surface area contributed by atoms with Crippen LogP contribution in [0.1, 0.15) is 24.4 Å². The summed E-state index contributed by atoms with van der Waals surface area (Å²) in [5.74, 6) is 1.69. The fourth-order valence-electron chi connectivity index (χ4n) is 2.49. The molecule has 1 unspecified atom stereocenters. The van der Waals surface area contributed by atoms with Crippen molar-refractivity contribution in [1.82, 2.24) is 25.4 Å². The van der Waals surface area contributed by atoms with Gasteiger partial charge in [-0.25, -0.2) is 0 Å². The SMILES string of the molecule is CCc1nncn1CCNC(=NC)NCC(OC)c1cccc(Cl)c1. The number of nitrogens with zero attached hydrogens (tertiary/aromatic N) is 4. The molecule has 0 radical (unpaired) electrons. The van der Waals surface area contributed by atoms with Gasteiger partial charge in [0.15, 0.2) is 5.96 Å². The summed E-state index contributed by atoms with van der Waals surface area (Å²) in [5.41, 5.74) is 1.02. The molecular formula is C17H25ClN6O. The molecule has 7 nitrogen and oxygen atoms in total. The molecule has 0 aliphatic rings. The van der Waals surface area contributed by atoms with Crippen molar-refractivity contribution in [1.29, 1.82) is 0 Å². The van der Waals surface area contributed by atoms with Crippen LogP contribution in [0.25, 0.3) is 0 Å². The third-order valence-corrected chi connectivity index (χ3v) is 4.08. The number of aromatic nitrogens is 3. The van der Waals surface area contributed by atoms with E-state index in [-0.39, 0.29) is 6.10 Å². The summed E-state index contributed by atoms with van der Waals surface area (Å²) in [6, 6.07) is 7.67. The van der Waals surface area contributed by atoms with Crippen molar-refractivity contribution in [2.24, 2.45) is 4.99 Å². The van der Waals surface area contributed by atoms with Crippen LogP contribution in [0.3, 0.4) is 0 Å². The molecule has 25 heavy (non-hydrogen) atoms. The Bertz CT molecular complexity index is 687. The van der Waals surface area contributed by atoms with Gasteiger partial charge in [0, 0.05) is 45.2 Å². The number of halogens is 1. The minimum absolute atomic E-state index is 0.109. The first-order valence-corrected chi connectivity index (χ1v) is 8.65. The molecule has 136 valence electrons. The quantitative estimate of drug-likeness (QED) is 0.553. The fourth-order valence-corrected chi connectivity index (χ4v) is 2.69. The van der Waals surface area contributed by atoms with E-state index in [0.717, 1.165) is 36.9 Å². The number of rotatable bonds is 8. The van der Waals surface area contributed by atoms with Crippen molar-refractivity contribution < 1.29 is 4.74 Å². The summed E-state index contributed by atoms with van der Waals surface area (Å²) in [4.78, 5) is 4.24. The first kappa shape index (κ1) is 19.2. The predicted octanol–water partition coefficient (Wildman–Crippen LogP) is 2.05. The molecule has 2 aromatic rings. The number of hydrogen-bond acceptors (Lipinski definition) is 4. The maximum Gasteiger partial charge on any atom is 0.191 e. The summed E-state index contributed by atoms with van der Waals surface area (Å²) in [7, 11) is 3.43. The second-order valence-corrected chi connectivity index (χ2v) is 5.89. The van der Waals surface area contributed by atoms with E-state index in [1.807, 2.05) is 28.8 Å². The number of methoxy groups -OCH3 is 1. The zero-order chi connectivity index (χ0) is 18.1. The van der Waals surface area contributed by atoms with Gasteiger partial charge in [0.05, 0.1) is 6.10 Å². The third kappa shape index (κ3) is 5.72. The Morgan fingerprint density at radius 2 is 2.24 bits per heavy atom. The highest BCUT2D eigenvalue weighted by Gasteiger charge is 2.11. The van der Waals surface area contributed by atoms with Gasteiger partial charge in [-0.15, -0.1) is 10.2 Å². The lowest BCUT2D eigenvalue weighted by Gasteiger charge is -2.19. The van der Waals surface area contributed by atoms with Gasteiger partial charge < -0.3 is 19.9 Å². The molecule has 0 bridgehead atoms. The van der Waals surface area contributed by atoms with Gasteiger partial charge in [-0.2, -0.15) is 0 Å². The molecular weight excluding hydrogens is 340 g/mol. The number of aliphatic imine (C=N–C) groups is 1. The summed E-state index contributed by atoms with van der Waals surface area (Å²) in [5, 5.41) is 15.3. The topological polar surface area (TPSA) is 76.4 Å². The number of hydrogen-bond donors (Lipinski definition) is 2. The Balaban J connectivity index is 1.83. The van der Waals surface area contributed by atoms with Crippen LogP contribution in [-0.2, 0) is 17.7 Å². The van der Waals surface area contributed by atoms with Crippen LogP contribution in [0.15, 0.2) is 35.6 Å². The van der Waals surface area contributed by atoms with Crippen LogP contribution in [0.2, 0.25) is 5.02 Å². The van der Waals surface area contributed by atoms with Gasteiger partial charge in [0.1, 0.15) is 12.2 Å². The standard InChI is InChI=1S/C17H25ClN6O/c1-4-16-23-22-12-24(16)9-8-20-17(19-2)21-11-15(25-3)13-6-5-7-14(18)10-13/h5-7,10,12,15H,4,8-9,11H2,1-3H3,(H2,19,20,21). The Morgan fingerprint density at radius 1 is 1.40 bits per heavy atom. The van der Waals surface area contributed by atoms with Crippen molar-refractivity contribution in [2.45, 2.75) is 26.0 Å². The Hall–Kier alpha value is -2.12. The van der Waals surface area contributed by atoms with E-state index in [1.165, 1.54) is 0 Å². The largest absolute Gasteiger partial charge is 0.375 e. The smallest absolute Gasteiger partial charge is 0.191 e. The molecule has 1 aromatic heterocycles. The summed E-state index contributed by atoms with van der Waals surface area (Å²) in [6.07, 6.45) is 2.50. The zero-order valence-corrected chi connectivity index (χ0v) is 15.6. The summed E-state index contributed by atoms with van der Waals surface area (Å²) >= 11 is 6.05. The molecule has 8 heteroatoms. The number of ether oxygens (including phenoxy) is 1. The molecule has 0 saturated heterocycles. The van der Waals surface area contributed by atoms with E-state index >= 15 is 0 Å². The van der Waals surface area contributed by atoms with Crippen molar-refractivity contribution in [3.63, 3.8) is 0 Å². The van der Waals surface area contributed by atoms with Gasteiger partial charge in [-0.05, 0) is 17.7 Å². The number of aryl methyl sites for hydroxylation is 1. The maximum absolute atomic E-state index is 6.05. The monoisotopic (exact) mass is 364 g/mol. The van der Waals surface area contributed by atoms with E-state index in [4.69, 9.17) is 16.3 Å². The predicted molar refractivity (Wildman–Crippen MR) is 100.0 cm³/mol. The lowest BCUT2D eigenvalue weighted by molar-refractivity contribution is 0.106. The van der Waals surface area contributed by atoms with E-state index < -0.39 is 0 Å². The van der Waals surface area contributed by atoms with Crippen LogP contribution < -0.4 is 10.6 Å². The van der Waals surface area contributed by atoms with Crippen molar-refractivity contribution in [3.8, 4) is 0 Å². The fraction of sp³-hybridized carbons (Fsp3) is 0.471. The van der Waals surface area contributed by atoms with Gasteiger partial charge >= 0.3 is 0 Å². The maximum atomic E-state index is 6.05. The van der Waals surface area contributed by atoms with Crippen LogP contribution >= 0.6 is 11.6 Å². The first-order chi connectivity index (χ1) is 12.2. The minimum atomic E-state index is -0.109. The number of guanidine groups is 1. The molecule has 0 aliphatic heterocycles. The van der Waals surface area contributed by atoms with E-state index in [9.17, 15) is 0 Å². The van der Waals surface area contributed by atoms with Crippen LogP contribution in [-0.4, -0.2) is 48.0 Å². The highest BCUT2D eigenvalue weighted by atomic mass is 35.5. The molecule has 0 fully saturated rings. The van der Waals surface area contributed by atoms with Gasteiger partial charge in [0.2, 0.25) is 0 Å². The lowest BCUT2D eigenvalue weighted by Crippen LogP contribution is -2.41. The van der Waals surface area contributed by atoms with Crippen LogP contribution in [0.5, 0.6) is 0 Å². The Labute approximate surface area is 153 Å². The summed E-state index contributed by atoms with van der Waals surface area (Å²) < 4.78 is 7.59. The van der Waals surface area contributed by atoms with Crippen molar-refractivity contribution in [2.75, 3.05) is 27.2 Å². The minimum Gasteiger partial charge on any atom is -0.375 e. The summed E-state index contributed by atoms with van der Waals surface area (Å²) in [6.45, 7) is 4.15. The second-order valence-electron chi connectivity index (χ2n) is 5.45. The zero-order valence-electron chi connectivity index (χ0n) is 14.9. The molecule has 2 N–H and O–H groups in total. The molecule has 1 aromatic carbocycles. The lowest BCUT2D eigenvalue weighted by atomic mass is 10.1. The normalized spacial score (nSPS) is 12.9. The van der Waals surface area contributed by atoms with E-state index in [0.29, 0.717) is 11.6 Å². The van der Waals surface area contributed by atoms with Crippen LogP contribution in [0, 0.1) is 0 Å². The Morgan fingerprint density at radius 3 is 2.92 bits per heavy atom. The van der Waals surface area contributed by atoms with Crippen molar-refractivity contribution in [3.05, 3.63) is 47.0 Å². The van der Waals surface area contributed by atoms with Crippen LogP contribution in [0.4, 0.5) is 0 Å². The first-order valence-electron chi connectivity index (χ1n) is 8.27. The highest BCUT2D eigenvalue weighted by Crippen LogP contribution is 2.19. The van der Waals surface area contributed by atoms with Gasteiger partial charge in [0.25, 0.3) is 0 Å². The van der Waals surface area contributed by atoms with Crippen molar-refractivity contribution >= 4 is 17.6 Å². The van der Waals surface area contributed by atoms with Gasteiger partial charge in [-0.3, -0.25) is 4.99 Å².